The summed E-state index contributed by atoms with van der Waals surface area (Å²) in [4.78, 5) is 25.6. The predicted octanol–water partition coefficient (Wildman–Crippen LogP) is 3.61. The number of aromatic nitrogens is 4. The van der Waals surface area contributed by atoms with Crippen molar-refractivity contribution < 1.29 is 13.6 Å². The van der Waals surface area contributed by atoms with E-state index in [4.69, 9.17) is 19.3 Å². The van der Waals surface area contributed by atoms with Gasteiger partial charge in [-0.05, 0) is 12.1 Å². The number of furan rings is 1. The minimum Gasteiger partial charge on any atom is -0.492 e. The van der Waals surface area contributed by atoms with Gasteiger partial charge >= 0.3 is 5.63 Å². The molecule has 0 bridgehead atoms. The molecule has 3 N–H and O–H groups in total. The second kappa shape index (κ2) is 7.27. The van der Waals surface area contributed by atoms with Gasteiger partial charge in [0.2, 0.25) is 0 Å². The van der Waals surface area contributed by atoms with Crippen LogP contribution in [0.5, 0.6) is 5.75 Å². The Labute approximate surface area is 164 Å². The van der Waals surface area contributed by atoms with Crippen molar-refractivity contribution in [1.29, 1.82) is 0 Å². The van der Waals surface area contributed by atoms with Crippen molar-refractivity contribution in [2.45, 2.75) is 19.8 Å². The second-order valence-corrected chi connectivity index (χ2v) is 6.65. The number of hydrogen-bond acceptors (Lipinski definition) is 8. The van der Waals surface area contributed by atoms with Gasteiger partial charge in [-0.25, -0.2) is 19.7 Å². The van der Waals surface area contributed by atoms with Crippen molar-refractivity contribution in [3.63, 3.8) is 0 Å². The van der Waals surface area contributed by atoms with Crippen molar-refractivity contribution in [2.75, 3.05) is 12.8 Å². The zero-order valence-corrected chi connectivity index (χ0v) is 16.1. The summed E-state index contributed by atoms with van der Waals surface area (Å²) >= 11 is 0. The summed E-state index contributed by atoms with van der Waals surface area (Å²) in [6.45, 7) is 4.08. The van der Waals surface area contributed by atoms with Gasteiger partial charge in [-0.3, -0.25) is 0 Å². The first-order valence-electron chi connectivity index (χ1n) is 8.91. The Hall–Kier alpha value is -3.88. The smallest absolute Gasteiger partial charge is 0.336 e. The zero-order valence-electron chi connectivity index (χ0n) is 16.1. The van der Waals surface area contributed by atoms with Crippen molar-refractivity contribution >= 4 is 38.9 Å². The molecule has 148 valence electrons. The Morgan fingerprint density at radius 2 is 1.93 bits per heavy atom. The van der Waals surface area contributed by atoms with Gasteiger partial charge < -0.3 is 24.3 Å². The first-order valence-corrected chi connectivity index (χ1v) is 8.91. The molecule has 0 radical (unpaired) electrons. The highest BCUT2D eigenvalue weighted by Crippen LogP contribution is 2.38. The maximum absolute atomic E-state index is 11.2. The first kappa shape index (κ1) is 18.5. The first-order chi connectivity index (χ1) is 14.0. The normalized spacial score (nSPS) is 11.2. The van der Waals surface area contributed by atoms with Crippen LogP contribution < -0.4 is 16.1 Å². The van der Waals surface area contributed by atoms with Crippen LogP contribution in [0.4, 0.5) is 5.82 Å². The van der Waals surface area contributed by atoms with Gasteiger partial charge in [0.15, 0.2) is 17.2 Å². The summed E-state index contributed by atoms with van der Waals surface area (Å²) in [7, 11) is 1.63. The lowest BCUT2D eigenvalue weighted by atomic mass is 10.1. The summed E-state index contributed by atoms with van der Waals surface area (Å²) in [5.41, 5.74) is 7.60. The lowest BCUT2D eigenvalue weighted by Crippen LogP contribution is -1.94. The SMILES string of the molecule is COc1c(C(C)C)oc2cc3oc(=O)ccc3cc12.Nc1ncnc2nc[nH]c12. The van der Waals surface area contributed by atoms with E-state index in [1.807, 2.05) is 19.9 Å². The molecule has 0 spiro atoms. The van der Waals surface area contributed by atoms with Gasteiger partial charge in [0, 0.05) is 23.4 Å². The molecule has 0 fully saturated rings. The summed E-state index contributed by atoms with van der Waals surface area (Å²) < 4.78 is 16.4. The number of fused-ring (bicyclic) bond motifs is 3. The molecule has 9 nitrogen and oxygen atoms in total. The van der Waals surface area contributed by atoms with E-state index in [1.165, 1.54) is 18.7 Å². The molecule has 5 aromatic rings. The van der Waals surface area contributed by atoms with Crippen LogP contribution in [-0.2, 0) is 0 Å². The van der Waals surface area contributed by atoms with E-state index in [0.717, 1.165) is 22.3 Å². The van der Waals surface area contributed by atoms with Gasteiger partial charge in [-0.2, -0.15) is 0 Å². The van der Waals surface area contributed by atoms with E-state index in [0.29, 0.717) is 28.1 Å². The van der Waals surface area contributed by atoms with Crippen LogP contribution in [-0.4, -0.2) is 27.0 Å². The van der Waals surface area contributed by atoms with E-state index < -0.39 is 0 Å². The standard InChI is InChI=1S/C15H14O4.C5H5N5/c1-8(2)14-15(17-3)10-6-9-4-5-13(16)18-11(9)7-12(10)19-14;6-4-3-5(9-1-7-3)10-2-8-4/h4-8H,1-3H3;1-2H,(H3,6,7,8,9,10). The molecule has 0 atom stereocenters. The second-order valence-electron chi connectivity index (χ2n) is 6.65. The molecule has 1 aromatic carbocycles. The molecular weight excluding hydrogens is 374 g/mol. The van der Waals surface area contributed by atoms with Crippen LogP contribution in [0.1, 0.15) is 25.5 Å². The molecule has 5 rings (SSSR count). The molecule has 9 heteroatoms. The van der Waals surface area contributed by atoms with Gasteiger partial charge in [0.1, 0.15) is 28.8 Å². The van der Waals surface area contributed by atoms with Crippen LogP contribution in [0, 0.1) is 0 Å². The fraction of sp³-hybridized carbons (Fsp3) is 0.200. The number of methoxy groups -OCH3 is 1. The monoisotopic (exact) mass is 393 g/mol. The third kappa shape index (κ3) is 3.38. The maximum Gasteiger partial charge on any atom is 0.336 e. The molecule has 29 heavy (non-hydrogen) atoms. The van der Waals surface area contributed by atoms with Crippen molar-refractivity contribution in [2.24, 2.45) is 0 Å². The largest absolute Gasteiger partial charge is 0.492 e. The molecule has 4 aromatic heterocycles. The van der Waals surface area contributed by atoms with Crippen molar-refractivity contribution in [3.05, 3.63) is 53.1 Å². The molecule has 0 amide bonds. The minimum absolute atomic E-state index is 0.220. The molecule has 4 heterocycles. The Kier molecular flexibility index (Phi) is 4.63. The van der Waals surface area contributed by atoms with E-state index >= 15 is 0 Å². The summed E-state index contributed by atoms with van der Waals surface area (Å²) in [6.07, 6.45) is 2.92. The maximum atomic E-state index is 11.2. The number of benzene rings is 1. The summed E-state index contributed by atoms with van der Waals surface area (Å²) in [5.74, 6) is 2.20. The number of aromatic amines is 1. The van der Waals surface area contributed by atoms with Crippen molar-refractivity contribution in [1.82, 2.24) is 19.9 Å². The highest BCUT2D eigenvalue weighted by atomic mass is 16.5. The summed E-state index contributed by atoms with van der Waals surface area (Å²) in [6, 6.07) is 6.80. The van der Waals surface area contributed by atoms with Crippen LogP contribution in [0.2, 0.25) is 0 Å². The molecule has 0 saturated carbocycles. The number of nitrogens with zero attached hydrogens (tertiary/aromatic N) is 3. The van der Waals surface area contributed by atoms with Crippen LogP contribution in [0.15, 0.2) is 50.5 Å². The molecule has 0 aliphatic heterocycles. The fourth-order valence-corrected chi connectivity index (χ4v) is 3.03. The zero-order chi connectivity index (χ0) is 20.5. The number of H-pyrrole nitrogens is 1. The van der Waals surface area contributed by atoms with E-state index in [2.05, 4.69) is 19.9 Å². The molecule has 0 aliphatic rings. The lowest BCUT2D eigenvalue weighted by Gasteiger charge is -2.03. The summed E-state index contributed by atoms with van der Waals surface area (Å²) in [5, 5.41) is 1.74. The average molecular weight is 393 g/mol. The highest BCUT2D eigenvalue weighted by Gasteiger charge is 2.18. The van der Waals surface area contributed by atoms with Gasteiger partial charge in [0.25, 0.3) is 0 Å². The van der Waals surface area contributed by atoms with Gasteiger partial charge in [0.05, 0.1) is 18.8 Å². The number of nitrogens with one attached hydrogen (secondary N) is 1. The van der Waals surface area contributed by atoms with Gasteiger partial charge in [-0.1, -0.05) is 13.8 Å². The van der Waals surface area contributed by atoms with Crippen LogP contribution in [0.25, 0.3) is 33.1 Å². The number of rotatable bonds is 2. The van der Waals surface area contributed by atoms with Crippen LogP contribution in [0.3, 0.4) is 0 Å². The van der Waals surface area contributed by atoms with E-state index in [9.17, 15) is 4.79 Å². The quantitative estimate of drug-likeness (QED) is 0.435. The Bertz CT molecular complexity index is 1370. The highest BCUT2D eigenvalue weighted by molar-refractivity contribution is 5.97. The lowest BCUT2D eigenvalue weighted by molar-refractivity contribution is 0.390. The Balaban J connectivity index is 0.000000171. The Morgan fingerprint density at radius 3 is 2.66 bits per heavy atom. The van der Waals surface area contributed by atoms with Crippen molar-refractivity contribution in [3.8, 4) is 5.75 Å². The third-order valence-electron chi connectivity index (χ3n) is 4.39. The average Bonchev–Trinajstić information content (AvgIpc) is 3.31. The van der Waals surface area contributed by atoms with E-state index in [1.54, 1.807) is 19.2 Å². The fourth-order valence-electron chi connectivity index (χ4n) is 3.03. The molecule has 0 aliphatic carbocycles. The molecule has 0 saturated heterocycles. The molecule has 0 unspecified atom stereocenters. The molecular formula is C20H19N5O4. The van der Waals surface area contributed by atoms with E-state index in [-0.39, 0.29) is 11.5 Å². The number of nitrogen functional groups attached to an aromatic ring is 1. The van der Waals surface area contributed by atoms with Crippen LogP contribution >= 0.6 is 0 Å². The number of nitrogens with two attached hydrogens (primary N) is 1. The number of hydrogen-bond donors (Lipinski definition) is 2. The van der Waals surface area contributed by atoms with Gasteiger partial charge in [-0.15, -0.1) is 0 Å². The predicted molar refractivity (Wildman–Crippen MR) is 109 cm³/mol. The minimum atomic E-state index is -0.366. The topological polar surface area (TPSA) is 133 Å². The number of anilines is 1. The third-order valence-corrected chi connectivity index (χ3v) is 4.39. The Morgan fingerprint density at radius 1 is 1.10 bits per heavy atom. The number of ether oxygens (including phenoxy) is 1. The number of imidazole rings is 1.